The predicted molar refractivity (Wildman–Crippen MR) is 62.1 cm³/mol. The Kier molecular flexibility index (Phi) is 3.10. The lowest BCUT2D eigenvalue weighted by atomic mass is 10.1. The Labute approximate surface area is 95.0 Å². The van der Waals surface area contributed by atoms with Gasteiger partial charge in [0.05, 0.1) is 5.56 Å². The predicted octanol–water partition coefficient (Wildman–Crippen LogP) is 1.26. The normalized spacial score (nSPS) is 14.3. The highest BCUT2D eigenvalue weighted by molar-refractivity contribution is 6.02. The van der Waals surface area contributed by atoms with Crippen LogP contribution in [0.2, 0.25) is 0 Å². The van der Waals surface area contributed by atoms with Crippen LogP contribution in [-0.2, 0) is 11.3 Å². The molecule has 1 aliphatic rings. The van der Waals surface area contributed by atoms with Crippen molar-refractivity contribution in [2.45, 2.75) is 13.0 Å². The summed E-state index contributed by atoms with van der Waals surface area (Å²) in [5.41, 5.74) is 8.10. The van der Waals surface area contributed by atoms with Gasteiger partial charge >= 0.3 is 0 Å². The van der Waals surface area contributed by atoms with E-state index < -0.39 is 0 Å². The standard InChI is InChI=1S/C12H16N2O2/c1-16-7-3-6-14-8-9-4-2-5-10(13)11(9)12(14)15/h2,4-5H,3,6-8,13H2,1H3. The van der Waals surface area contributed by atoms with Crippen molar-refractivity contribution in [1.29, 1.82) is 0 Å². The number of fused-ring (bicyclic) bond motifs is 1. The molecule has 2 N–H and O–H groups in total. The number of nitrogen functional groups attached to an aromatic ring is 1. The smallest absolute Gasteiger partial charge is 0.256 e. The number of carbonyl (C=O) groups excluding carboxylic acids is 1. The monoisotopic (exact) mass is 220 g/mol. The van der Waals surface area contributed by atoms with Gasteiger partial charge in [-0.3, -0.25) is 4.79 Å². The molecule has 0 aromatic heterocycles. The summed E-state index contributed by atoms with van der Waals surface area (Å²) in [5, 5.41) is 0. The van der Waals surface area contributed by atoms with E-state index in [4.69, 9.17) is 10.5 Å². The minimum absolute atomic E-state index is 0.0456. The summed E-state index contributed by atoms with van der Waals surface area (Å²) in [7, 11) is 1.67. The molecule has 16 heavy (non-hydrogen) atoms. The van der Waals surface area contributed by atoms with Crippen LogP contribution in [0.15, 0.2) is 18.2 Å². The molecule has 0 spiro atoms. The van der Waals surface area contributed by atoms with Crippen LogP contribution in [0.5, 0.6) is 0 Å². The average Bonchev–Trinajstić information content (AvgIpc) is 2.58. The van der Waals surface area contributed by atoms with Crippen LogP contribution in [0.1, 0.15) is 22.3 Å². The van der Waals surface area contributed by atoms with Gasteiger partial charge in [0.25, 0.3) is 5.91 Å². The van der Waals surface area contributed by atoms with E-state index in [-0.39, 0.29) is 5.91 Å². The van der Waals surface area contributed by atoms with E-state index in [0.717, 1.165) is 18.5 Å². The summed E-state index contributed by atoms with van der Waals surface area (Å²) in [5.74, 6) is 0.0456. The second-order valence-corrected chi connectivity index (χ2v) is 3.95. The quantitative estimate of drug-likeness (QED) is 0.614. The molecule has 0 saturated carbocycles. The molecular weight excluding hydrogens is 204 g/mol. The number of anilines is 1. The maximum atomic E-state index is 12.0. The highest BCUT2D eigenvalue weighted by Gasteiger charge is 2.28. The molecule has 0 unspecified atom stereocenters. The van der Waals surface area contributed by atoms with Gasteiger partial charge in [0.15, 0.2) is 0 Å². The third-order valence-electron chi connectivity index (χ3n) is 2.82. The highest BCUT2D eigenvalue weighted by atomic mass is 16.5. The fraction of sp³-hybridized carbons (Fsp3) is 0.417. The Hall–Kier alpha value is -1.55. The largest absolute Gasteiger partial charge is 0.398 e. The Bertz CT molecular complexity index is 404. The minimum Gasteiger partial charge on any atom is -0.398 e. The van der Waals surface area contributed by atoms with E-state index in [1.54, 1.807) is 13.2 Å². The van der Waals surface area contributed by atoms with E-state index in [1.807, 2.05) is 17.0 Å². The molecule has 0 fully saturated rings. The number of hydrogen-bond acceptors (Lipinski definition) is 3. The first kappa shape index (κ1) is 11.0. The lowest BCUT2D eigenvalue weighted by molar-refractivity contribution is 0.0761. The van der Waals surface area contributed by atoms with Crippen LogP contribution in [-0.4, -0.2) is 31.1 Å². The number of benzene rings is 1. The van der Waals surface area contributed by atoms with Crippen molar-refractivity contribution in [1.82, 2.24) is 4.90 Å². The second kappa shape index (κ2) is 4.53. The number of nitrogens with zero attached hydrogens (tertiary/aromatic N) is 1. The zero-order chi connectivity index (χ0) is 11.5. The Morgan fingerprint density at radius 3 is 3.00 bits per heavy atom. The maximum absolute atomic E-state index is 12.0. The first-order chi connectivity index (χ1) is 7.74. The molecule has 1 heterocycles. The van der Waals surface area contributed by atoms with Crippen molar-refractivity contribution in [3.05, 3.63) is 29.3 Å². The van der Waals surface area contributed by atoms with Crippen LogP contribution in [0.4, 0.5) is 5.69 Å². The lowest BCUT2D eigenvalue weighted by Gasteiger charge is -2.14. The molecule has 1 amide bonds. The third kappa shape index (κ3) is 1.88. The van der Waals surface area contributed by atoms with Gasteiger partial charge in [-0.15, -0.1) is 0 Å². The summed E-state index contributed by atoms with van der Waals surface area (Å²) < 4.78 is 4.98. The molecule has 4 heteroatoms. The summed E-state index contributed by atoms with van der Waals surface area (Å²) in [6.45, 7) is 2.07. The number of methoxy groups -OCH3 is 1. The molecule has 0 bridgehead atoms. The van der Waals surface area contributed by atoms with E-state index in [0.29, 0.717) is 24.4 Å². The number of rotatable bonds is 4. The van der Waals surface area contributed by atoms with Gasteiger partial charge in [-0.2, -0.15) is 0 Å². The van der Waals surface area contributed by atoms with Crippen LogP contribution < -0.4 is 5.73 Å². The minimum atomic E-state index is 0.0456. The highest BCUT2D eigenvalue weighted by Crippen LogP contribution is 2.27. The van der Waals surface area contributed by atoms with E-state index in [1.165, 1.54) is 0 Å². The molecule has 1 aromatic rings. The van der Waals surface area contributed by atoms with Crippen LogP contribution in [0.3, 0.4) is 0 Å². The molecule has 1 aromatic carbocycles. The van der Waals surface area contributed by atoms with Gasteiger partial charge in [0.2, 0.25) is 0 Å². The lowest BCUT2D eigenvalue weighted by Crippen LogP contribution is -2.26. The fourth-order valence-electron chi connectivity index (χ4n) is 2.03. The summed E-state index contributed by atoms with van der Waals surface area (Å²) in [6.07, 6.45) is 0.857. The Morgan fingerprint density at radius 1 is 1.50 bits per heavy atom. The first-order valence-electron chi connectivity index (χ1n) is 5.39. The first-order valence-corrected chi connectivity index (χ1v) is 5.39. The zero-order valence-electron chi connectivity index (χ0n) is 9.40. The average molecular weight is 220 g/mol. The van der Waals surface area contributed by atoms with Gasteiger partial charge in [-0.1, -0.05) is 12.1 Å². The van der Waals surface area contributed by atoms with E-state index in [9.17, 15) is 4.79 Å². The molecule has 0 atom stereocenters. The number of ether oxygens (including phenoxy) is 1. The maximum Gasteiger partial charge on any atom is 0.256 e. The van der Waals surface area contributed by atoms with E-state index >= 15 is 0 Å². The molecule has 1 aliphatic heterocycles. The summed E-state index contributed by atoms with van der Waals surface area (Å²) in [4.78, 5) is 13.8. The number of hydrogen-bond donors (Lipinski definition) is 1. The molecule has 0 radical (unpaired) electrons. The van der Waals surface area contributed by atoms with Crippen molar-refractivity contribution >= 4 is 11.6 Å². The van der Waals surface area contributed by atoms with Crippen LogP contribution >= 0.6 is 0 Å². The van der Waals surface area contributed by atoms with Crippen molar-refractivity contribution < 1.29 is 9.53 Å². The molecule has 2 rings (SSSR count). The Balaban J connectivity index is 2.09. The molecule has 4 nitrogen and oxygen atoms in total. The van der Waals surface area contributed by atoms with E-state index in [2.05, 4.69) is 0 Å². The zero-order valence-corrected chi connectivity index (χ0v) is 9.40. The van der Waals surface area contributed by atoms with Crippen molar-refractivity contribution in [3.63, 3.8) is 0 Å². The summed E-state index contributed by atoms with van der Waals surface area (Å²) >= 11 is 0. The number of carbonyl (C=O) groups is 1. The molecular formula is C12H16N2O2. The number of amides is 1. The van der Waals surface area contributed by atoms with Crippen LogP contribution in [0, 0.1) is 0 Å². The second-order valence-electron chi connectivity index (χ2n) is 3.95. The van der Waals surface area contributed by atoms with Crippen molar-refractivity contribution in [2.24, 2.45) is 0 Å². The van der Waals surface area contributed by atoms with Gasteiger partial charge in [0.1, 0.15) is 0 Å². The van der Waals surface area contributed by atoms with Crippen molar-refractivity contribution in [3.8, 4) is 0 Å². The van der Waals surface area contributed by atoms with Gasteiger partial charge in [-0.05, 0) is 18.1 Å². The molecule has 0 saturated heterocycles. The van der Waals surface area contributed by atoms with Crippen molar-refractivity contribution in [2.75, 3.05) is 26.0 Å². The third-order valence-corrected chi connectivity index (χ3v) is 2.82. The van der Waals surface area contributed by atoms with Gasteiger partial charge in [-0.25, -0.2) is 0 Å². The Morgan fingerprint density at radius 2 is 2.31 bits per heavy atom. The van der Waals surface area contributed by atoms with Crippen LogP contribution in [0.25, 0.3) is 0 Å². The summed E-state index contributed by atoms with van der Waals surface area (Å²) in [6, 6.07) is 5.62. The topological polar surface area (TPSA) is 55.6 Å². The number of nitrogens with two attached hydrogens (primary N) is 1. The SMILES string of the molecule is COCCCN1Cc2cccc(N)c2C1=O. The molecule has 86 valence electrons. The fourth-order valence-corrected chi connectivity index (χ4v) is 2.03. The van der Waals surface area contributed by atoms with Gasteiger partial charge in [0, 0.05) is 32.5 Å². The molecule has 0 aliphatic carbocycles. The van der Waals surface area contributed by atoms with Gasteiger partial charge < -0.3 is 15.4 Å².